The zero-order chi connectivity index (χ0) is 29.3. The number of pyridine rings is 3. The molecule has 0 aliphatic heterocycles. The molecule has 0 fully saturated rings. The van der Waals surface area contributed by atoms with E-state index in [-0.39, 0.29) is 22.7 Å². The highest BCUT2D eigenvalue weighted by Gasteiger charge is 2.15. The van der Waals surface area contributed by atoms with Gasteiger partial charge >= 0.3 is 0 Å². The van der Waals surface area contributed by atoms with Crippen LogP contribution in [0.4, 0.5) is 0 Å². The molecule has 0 aliphatic rings. The molecule has 4 heterocycles. The lowest BCUT2D eigenvalue weighted by Crippen LogP contribution is -1.91. The molecule has 6 aromatic rings. The van der Waals surface area contributed by atoms with Gasteiger partial charge in [-0.05, 0) is 79.7 Å². The number of benzene rings is 2. The predicted molar refractivity (Wildman–Crippen MR) is 130 cm³/mol. The maximum absolute atomic E-state index is 8.12. The molecule has 0 bridgehead atoms. The van der Waals surface area contributed by atoms with Crippen LogP contribution in [0.1, 0.15) is 29.3 Å². The van der Waals surface area contributed by atoms with E-state index < -0.39 is 20.6 Å². The minimum absolute atomic E-state index is 0.0217. The van der Waals surface area contributed by atoms with Crippen LogP contribution in [0, 0.1) is 20.6 Å². The quantitative estimate of drug-likeness (QED) is 0.295. The SMILES string of the molecule is [2H]C([2H])([2H])c1ccc2cc(-c3cc(-c4cccc5c4oc4nc(C([2H])([2H])[2H])ccc45)ncc3C([2H])([2H])[2H])ccc2n1. The number of para-hydroxylation sites is 1. The summed E-state index contributed by atoms with van der Waals surface area (Å²) < 4.78 is 76.3. The second-order valence-electron chi connectivity index (χ2n) is 7.55. The van der Waals surface area contributed by atoms with E-state index in [4.69, 9.17) is 16.8 Å². The molecule has 32 heavy (non-hydrogen) atoms. The Morgan fingerprint density at radius 1 is 0.781 bits per heavy atom. The Balaban J connectivity index is 1.53. The van der Waals surface area contributed by atoms with E-state index in [1.54, 1.807) is 42.5 Å². The molecule has 0 saturated heterocycles. The summed E-state index contributed by atoms with van der Waals surface area (Å²) >= 11 is 0. The van der Waals surface area contributed by atoms with Gasteiger partial charge in [-0.25, -0.2) is 4.98 Å². The standard InChI is InChI=1S/C28H21N3O/c1-16-15-29-26(14-24(16)19-10-12-25-20(13-19)9-7-17(2)30-25)23-6-4-5-21-22-11-8-18(3)31-28(22)32-27(21)23/h4-15H,1-3H3/i1D3,2D3,3D3. The van der Waals surface area contributed by atoms with Crippen molar-refractivity contribution >= 4 is 33.0 Å². The van der Waals surface area contributed by atoms with Crippen molar-refractivity contribution in [1.29, 1.82) is 0 Å². The summed E-state index contributed by atoms with van der Waals surface area (Å²) in [6, 6.07) is 18.5. The smallest absolute Gasteiger partial charge is 0.227 e. The third-order valence-electron chi connectivity index (χ3n) is 5.54. The van der Waals surface area contributed by atoms with E-state index in [0.717, 1.165) is 0 Å². The molecule has 2 aromatic carbocycles. The fraction of sp³-hybridized carbons (Fsp3) is 0.107. The van der Waals surface area contributed by atoms with Crippen LogP contribution < -0.4 is 0 Å². The van der Waals surface area contributed by atoms with Crippen molar-refractivity contribution in [3.05, 3.63) is 89.9 Å². The fourth-order valence-electron chi connectivity index (χ4n) is 4.02. The normalized spacial score (nSPS) is 16.9. The summed E-state index contributed by atoms with van der Waals surface area (Å²) in [5.74, 6) is 0. The number of aryl methyl sites for hydroxylation is 3. The fourth-order valence-corrected chi connectivity index (χ4v) is 4.02. The maximum atomic E-state index is 8.12. The Bertz CT molecular complexity index is 1970. The molecule has 0 N–H and O–H groups in total. The number of nitrogens with zero attached hydrogens (tertiary/aromatic N) is 3. The van der Waals surface area contributed by atoms with Crippen LogP contribution in [0.15, 0.2) is 77.3 Å². The lowest BCUT2D eigenvalue weighted by molar-refractivity contribution is 0.653. The zero-order valence-corrected chi connectivity index (χ0v) is 16.7. The molecule has 4 nitrogen and oxygen atoms in total. The monoisotopic (exact) mass is 424 g/mol. The van der Waals surface area contributed by atoms with Crippen molar-refractivity contribution in [1.82, 2.24) is 15.0 Å². The van der Waals surface area contributed by atoms with Gasteiger partial charge in [0.1, 0.15) is 5.58 Å². The third-order valence-corrected chi connectivity index (χ3v) is 5.54. The largest absolute Gasteiger partial charge is 0.437 e. The predicted octanol–water partition coefficient (Wildman–Crippen LogP) is 7.18. The van der Waals surface area contributed by atoms with Crippen LogP contribution in [-0.2, 0) is 0 Å². The van der Waals surface area contributed by atoms with E-state index in [1.807, 2.05) is 12.1 Å². The van der Waals surface area contributed by atoms with Crippen LogP contribution in [0.5, 0.6) is 0 Å². The number of hydrogen-bond acceptors (Lipinski definition) is 4. The molecule has 6 rings (SSSR count). The number of furan rings is 1. The van der Waals surface area contributed by atoms with E-state index >= 15 is 0 Å². The van der Waals surface area contributed by atoms with E-state index in [1.165, 1.54) is 18.3 Å². The van der Waals surface area contributed by atoms with Crippen molar-refractivity contribution in [2.45, 2.75) is 20.6 Å². The molecule has 0 amide bonds. The van der Waals surface area contributed by atoms with Crippen molar-refractivity contribution in [2.75, 3.05) is 0 Å². The highest BCUT2D eigenvalue weighted by molar-refractivity contribution is 6.08. The van der Waals surface area contributed by atoms with Crippen LogP contribution in [0.25, 0.3) is 55.4 Å². The Kier molecular flexibility index (Phi) is 2.52. The van der Waals surface area contributed by atoms with Crippen molar-refractivity contribution in [3.8, 4) is 22.4 Å². The maximum Gasteiger partial charge on any atom is 0.227 e. The molecular weight excluding hydrogens is 394 g/mol. The number of rotatable bonds is 2. The van der Waals surface area contributed by atoms with Gasteiger partial charge in [0.2, 0.25) is 5.71 Å². The second-order valence-corrected chi connectivity index (χ2v) is 7.55. The summed E-state index contributed by atoms with van der Waals surface area (Å²) in [4.78, 5) is 12.9. The second kappa shape index (κ2) is 6.99. The summed E-state index contributed by atoms with van der Waals surface area (Å²) in [6.45, 7) is -7.19. The summed E-state index contributed by atoms with van der Waals surface area (Å²) in [5.41, 5.74) is 3.09. The molecule has 0 saturated carbocycles. The summed E-state index contributed by atoms with van der Waals surface area (Å²) in [7, 11) is 0. The number of hydrogen-bond donors (Lipinski definition) is 0. The van der Waals surface area contributed by atoms with Gasteiger partial charge < -0.3 is 4.42 Å². The lowest BCUT2D eigenvalue weighted by atomic mass is 9.97. The van der Waals surface area contributed by atoms with E-state index in [0.29, 0.717) is 49.6 Å². The first-order chi connectivity index (χ1) is 19.2. The Hall–Kier alpha value is -4.05. The van der Waals surface area contributed by atoms with Crippen LogP contribution >= 0.6 is 0 Å². The minimum Gasteiger partial charge on any atom is -0.437 e. The first kappa shape index (κ1) is 11.5. The highest BCUT2D eigenvalue weighted by atomic mass is 16.3. The molecule has 0 radical (unpaired) electrons. The first-order valence-corrected chi connectivity index (χ1v) is 9.95. The number of fused-ring (bicyclic) bond motifs is 4. The van der Waals surface area contributed by atoms with Gasteiger partial charge in [-0.3, -0.25) is 9.97 Å². The Morgan fingerprint density at radius 3 is 2.59 bits per heavy atom. The van der Waals surface area contributed by atoms with Gasteiger partial charge in [0.15, 0.2) is 0 Å². The molecule has 4 heteroatoms. The topological polar surface area (TPSA) is 51.8 Å². The molecule has 4 aromatic heterocycles. The van der Waals surface area contributed by atoms with Crippen molar-refractivity contribution in [2.24, 2.45) is 0 Å². The van der Waals surface area contributed by atoms with Gasteiger partial charge in [0.05, 0.1) is 11.2 Å². The number of aromatic nitrogens is 3. The molecule has 0 atom stereocenters. The van der Waals surface area contributed by atoms with Crippen LogP contribution in [0.2, 0.25) is 0 Å². The third kappa shape index (κ3) is 2.95. The zero-order valence-electron chi connectivity index (χ0n) is 25.7. The lowest BCUT2D eigenvalue weighted by Gasteiger charge is -2.10. The molecule has 0 aliphatic carbocycles. The average Bonchev–Trinajstić information content (AvgIpc) is 3.29. The highest BCUT2D eigenvalue weighted by Crippen LogP contribution is 2.36. The molecule has 0 spiro atoms. The van der Waals surface area contributed by atoms with Gasteiger partial charge in [-0.15, -0.1) is 0 Å². The van der Waals surface area contributed by atoms with Gasteiger partial charge in [0, 0.05) is 51.6 Å². The van der Waals surface area contributed by atoms with Gasteiger partial charge in [0.25, 0.3) is 0 Å². The Morgan fingerprint density at radius 2 is 1.69 bits per heavy atom. The van der Waals surface area contributed by atoms with E-state index in [2.05, 4.69) is 15.0 Å². The van der Waals surface area contributed by atoms with Gasteiger partial charge in [-0.2, -0.15) is 0 Å². The minimum atomic E-state index is -2.46. The first-order valence-electron chi connectivity index (χ1n) is 14.5. The molecule has 154 valence electrons. The van der Waals surface area contributed by atoms with Crippen LogP contribution in [-0.4, -0.2) is 15.0 Å². The molecule has 0 unspecified atom stereocenters. The van der Waals surface area contributed by atoms with E-state index in [9.17, 15) is 0 Å². The summed E-state index contributed by atoms with van der Waals surface area (Å²) in [6.07, 6.45) is 1.32. The van der Waals surface area contributed by atoms with Crippen molar-refractivity contribution in [3.63, 3.8) is 0 Å². The average molecular weight is 425 g/mol. The Labute approximate surface area is 198 Å². The molecular formula is C28H21N3O. The summed E-state index contributed by atoms with van der Waals surface area (Å²) in [5, 5.41) is 2.01. The van der Waals surface area contributed by atoms with Gasteiger partial charge in [-0.1, -0.05) is 24.3 Å². The van der Waals surface area contributed by atoms with Crippen molar-refractivity contribution < 1.29 is 16.8 Å². The van der Waals surface area contributed by atoms with Crippen LogP contribution in [0.3, 0.4) is 0 Å².